The van der Waals surface area contributed by atoms with Gasteiger partial charge < -0.3 is 19.7 Å². The number of hydrogen-bond donors (Lipinski definition) is 2. The summed E-state index contributed by atoms with van der Waals surface area (Å²) in [6.45, 7) is 1.78. The Labute approximate surface area is 140 Å². The molecule has 0 aliphatic carbocycles. The quantitative estimate of drug-likeness (QED) is 0.559. The monoisotopic (exact) mass is 334 g/mol. The van der Waals surface area contributed by atoms with Gasteiger partial charge in [-0.3, -0.25) is 4.79 Å². The number of epoxide rings is 1. The molecule has 1 saturated heterocycles. The smallest absolute Gasteiger partial charge is 0.342 e. The predicted molar refractivity (Wildman–Crippen MR) is 85.1 cm³/mol. The number of benzene rings is 1. The van der Waals surface area contributed by atoms with Gasteiger partial charge in [-0.15, -0.1) is 0 Å². The zero-order valence-electron chi connectivity index (χ0n) is 13.7. The molecule has 2 N–H and O–H groups in total. The maximum Gasteiger partial charge on any atom is 0.342 e. The summed E-state index contributed by atoms with van der Waals surface area (Å²) in [5.74, 6) is -1.28. The van der Waals surface area contributed by atoms with E-state index in [1.807, 2.05) is 0 Å². The minimum absolute atomic E-state index is 0.0106. The number of phenolic OH excluding ortho intramolecular Hbond substituents is 2. The Balaban J connectivity index is 1.87. The molecule has 0 spiro atoms. The Bertz CT molecular complexity index is 653. The fourth-order valence-electron chi connectivity index (χ4n) is 3.27. The first-order valence-electron chi connectivity index (χ1n) is 8.37. The second kappa shape index (κ2) is 6.81. The number of carbonyl (C=O) groups excluding carboxylic acids is 2. The summed E-state index contributed by atoms with van der Waals surface area (Å²) in [4.78, 5) is 24.6. The molecule has 3 atom stereocenters. The number of esters is 1. The first-order valence-corrected chi connectivity index (χ1v) is 8.37. The SMILES string of the molecule is C[C@@H]1C[C@@H]2O[C@H]2CCCCC(=O)Cc2cc(O)cc(O)c2C(=O)O1. The van der Waals surface area contributed by atoms with Crippen LogP contribution in [0.5, 0.6) is 11.5 Å². The summed E-state index contributed by atoms with van der Waals surface area (Å²) >= 11 is 0. The molecule has 2 aliphatic rings. The molecule has 1 aromatic carbocycles. The summed E-state index contributed by atoms with van der Waals surface area (Å²) in [6.07, 6.45) is 3.54. The number of rotatable bonds is 0. The van der Waals surface area contributed by atoms with Crippen LogP contribution in [0.15, 0.2) is 12.1 Å². The number of aromatic hydroxyl groups is 2. The Morgan fingerprint density at radius 2 is 1.92 bits per heavy atom. The molecule has 6 nitrogen and oxygen atoms in total. The molecule has 0 amide bonds. The second-order valence-corrected chi connectivity index (χ2v) is 6.62. The molecule has 3 rings (SSSR count). The molecule has 0 bridgehead atoms. The van der Waals surface area contributed by atoms with Gasteiger partial charge in [-0.05, 0) is 31.4 Å². The van der Waals surface area contributed by atoms with Crippen LogP contribution in [-0.4, -0.2) is 40.3 Å². The van der Waals surface area contributed by atoms with E-state index in [2.05, 4.69) is 0 Å². The van der Waals surface area contributed by atoms with Crippen molar-refractivity contribution in [3.63, 3.8) is 0 Å². The van der Waals surface area contributed by atoms with Crippen molar-refractivity contribution in [3.05, 3.63) is 23.3 Å². The molecule has 6 heteroatoms. The highest BCUT2D eigenvalue weighted by Crippen LogP contribution is 2.33. The zero-order valence-corrected chi connectivity index (χ0v) is 13.7. The largest absolute Gasteiger partial charge is 0.508 e. The highest BCUT2D eigenvalue weighted by molar-refractivity contribution is 5.96. The van der Waals surface area contributed by atoms with Crippen LogP contribution < -0.4 is 0 Å². The third-order valence-electron chi connectivity index (χ3n) is 4.53. The van der Waals surface area contributed by atoms with Gasteiger partial charge >= 0.3 is 5.97 Å². The molecule has 1 fully saturated rings. The van der Waals surface area contributed by atoms with Gasteiger partial charge in [-0.1, -0.05) is 6.42 Å². The van der Waals surface area contributed by atoms with Crippen LogP contribution in [0.1, 0.15) is 54.9 Å². The van der Waals surface area contributed by atoms with E-state index in [1.54, 1.807) is 6.92 Å². The van der Waals surface area contributed by atoms with E-state index in [9.17, 15) is 19.8 Å². The molecular formula is C18H22O6. The number of ether oxygens (including phenoxy) is 2. The standard InChI is InChI=1S/C18H22O6/c1-10-6-16-15(24-16)5-3-2-4-12(19)7-11-8-13(20)9-14(21)17(11)18(22)23-10/h8-10,15-16,20-21H,2-7H2,1H3/t10-,15+,16+/m1/s1. The van der Waals surface area contributed by atoms with Gasteiger partial charge in [0.15, 0.2) is 0 Å². The van der Waals surface area contributed by atoms with Crippen LogP contribution in [0.4, 0.5) is 0 Å². The Kier molecular flexibility index (Phi) is 4.76. The van der Waals surface area contributed by atoms with Crippen LogP contribution >= 0.6 is 0 Å². The number of fused-ring (bicyclic) bond motifs is 2. The lowest BCUT2D eigenvalue weighted by Crippen LogP contribution is -2.20. The number of phenols is 2. The molecule has 1 aromatic rings. The summed E-state index contributed by atoms with van der Waals surface area (Å²) in [5, 5.41) is 19.7. The molecular weight excluding hydrogens is 312 g/mol. The normalized spacial score (nSPS) is 28.3. The minimum atomic E-state index is -0.683. The lowest BCUT2D eigenvalue weighted by atomic mass is 9.97. The van der Waals surface area contributed by atoms with Gasteiger partial charge in [0.2, 0.25) is 0 Å². The van der Waals surface area contributed by atoms with Crippen LogP contribution in [0.25, 0.3) is 0 Å². The zero-order chi connectivity index (χ0) is 17.3. The number of Topliss-reactive ketones (excluding diaryl/α,β-unsaturated/α-hetero) is 1. The van der Waals surface area contributed by atoms with Gasteiger partial charge in [-0.25, -0.2) is 4.79 Å². The van der Waals surface area contributed by atoms with Gasteiger partial charge in [0.1, 0.15) is 28.9 Å². The lowest BCUT2D eigenvalue weighted by molar-refractivity contribution is -0.118. The fraction of sp³-hybridized carbons (Fsp3) is 0.556. The van der Waals surface area contributed by atoms with Crippen LogP contribution in [0.3, 0.4) is 0 Å². The molecule has 0 aromatic heterocycles. The van der Waals surface area contributed by atoms with E-state index in [1.165, 1.54) is 6.07 Å². The maximum absolute atomic E-state index is 12.4. The van der Waals surface area contributed by atoms with E-state index in [4.69, 9.17) is 9.47 Å². The summed E-state index contributed by atoms with van der Waals surface area (Å²) in [7, 11) is 0. The lowest BCUT2D eigenvalue weighted by Gasteiger charge is -2.16. The average Bonchev–Trinajstić information content (AvgIpc) is 3.19. The van der Waals surface area contributed by atoms with Crippen molar-refractivity contribution in [2.24, 2.45) is 0 Å². The Hall–Kier alpha value is -2.08. The van der Waals surface area contributed by atoms with Crippen molar-refractivity contribution in [2.45, 2.75) is 63.8 Å². The average molecular weight is 334 g/mol. The number of cyclic esters (lactones) is 1. The fourth-order valence-corrected chi connectivity index (χ4v) is 3.27. The number of ketones is 1. The van der Waals surface area contributed by atoms with Crippen molar-refractivity contribution in [1.29, 1.82) is 0 Å². The van der Waals surface area contributed by atoms with Crippen LogP contribution in [0.2, 0.25) is 0 Å². The highest BCUT2D eigenvalue weighted by atomic mass is 16.6. The van der Waals surface area contributed by atoms with Gasteiger partial charge in [-0.2, -0.15) is 0 Å². The summed E-state index contributed by atoms with van der Waals surface area (Å²) in [5.41, 5.74) is 0.255. The molecule has 2 heterocycles. The minimum Gasteiger partial charge on any atom is -0.508 e. The Morgan fingerprint density at radius 3 is 2.71 bits per heavy atom. The van der Waals surface area contributed by atoms with Gasteiger partial charge in [0.25, 0.3) is 0 Å². The molecule has 130 valence electrons. The van der Waals surface area contributed by atoms with Crippen molar-refractivity contribution in [3.8, 4) is 11.5 Å². The van der Waals surface area contributed by atoms with Crippen molar-refractivity contribution in [2.75, 3.05) is 0 Å². The maximum atomic E-state index is 12.4. The van der Waals surface area contributed by atoms with Crippen LogP contribution in [-0.2, 0) is 20.7 Å². The first kappa shape index (κ1) is 16.8. The van der Waals surface area contributed by atoms with Crippen molar-refractivity contribution >= 4 is 11.8 Å². The van der Waals surface area contributed by atoms with Crippen molar-refractivity contribution in [1.82, 2.24) is 0 Å². The molecule has 0 saturated carbocycles. The first-order chi connectivity index (χ1) is 11.4. The van der Waals surface area contributed by atoms with E-state index < -0.39 is 5.97 Å². The molecule has 0 unspecified atom stereocenters. The van der Waals surface area contributed by atoms with E-state index in [-0.39, 0.29) is 47.6 Å². The van der Waals surface area contributed by atoms with Crippen LogP contribution in [0, 0.1) is 0 Å². The number of hydrogen-bond acceptors (Lipinski definition) is 6. The van der Waals surface area contributed by atoms with Crippen molar-refractivity contribution < 1.29 is 29.3 Å². The summed E-state index contributed by atoms with van der Waals surface area (Å²) in [6, 6.07) is 2.42. The molecule has 24 heavy (non-hydrogen) atoms. The highest BCUT2D eigenvalue weighted by Gasteiger charge is 2.39. The number of carbonyl (C=O) groups is 2. The third kappa shape index (κ3) is 3.87. The topological polar surface area (TPSA) is 96.4 Å². The Morgan fingerprint density at radius 1 is 1.12 bits per heavy atom. The van der Waals surface area contributed by atoms with Gasteiger partial charge in [0.05, 0.1) is 12.2 Å². The molecule has 2 aliphatic heterocycles. The molecule has 0 radical (unpaired) electrons. The summed E-state index contributed by atoms with van der Waals surface area (Å²) < 4.78 is 11.0. The van der Waals surface area contributed by atoms with E-state index >= 15 is 0 Å². The van der Waals surface area contributed by atoms with E-state index in [0.29, 0.717) is 18.4 Å². The second-order valence-electron chi connectivity index (χ2n) is 6.62. The third-order valence-corrected chi connectivity index (χ3v) is 4.53. The predicted octanol–water partition coefficient (Wildman–Crippen LogP) is 2.49. The van der Waals surface area contributed by atoms with Gasteiger partial charge in [0, 0.05) is 25.3 Å². The van der Waals surface area contributed by atoms with E-state index in [0.717, 1.165) is 25.3 Å².